The molecule has 0 aliphatic carbocycles. The van der Waals surface area contributed by atoms with E-state index in [4.69, 9.17) is 32.7 Å². The Bertz CT molecular complexity index is 1060. The number of ether oxygens (including phenoxy) is 2. The molecule has 0 aliphatic rings. The minimum atomic E-state index is 0.528. The predicted molar refractivity (Wildman–Crippen MR) is 112 cm³/mol. The van der Waals surface area contributed by atoms with Crippen LogP contribution in [0.5, 0.6) is 11.5 Å². The van der Waals surface area contributed by atoms with Crippen molar-refractivity contribution in [2.45, 2.75) is 0 Å². The zero-order valence-corrected chi connectivity index (χ0v) is 17.3. The first kappa shape index (κ1) is 19.5. The van der Waals surface area contributed by atoms with E-state index in [0.29, 0.717) is 21.5 Å². The molecule has 0 aliphatic heterocycles. The van der Waals surface area contributed by atoms with Gasteiger partial charge in [0.2, 0.25) is 4.80 Å². The van der Waals surface area contributed by atoms with Crippen molar-refractivity contribution in [1.29, 1.82) is 0 Å². The van der Waals surface area contributed by atoms with E-state index in [-0.39, 0.29) is 0 Å². The Morgan fingerprint density at radius 2 is 1.89 bits per heavy atom. The van der Waals surface area contributed by atoms with Crippen LogP contribution in [-0.2, 0) is 0 Å². The van der Waals surface area contributed by atoms with E-state index < -0.39 is 0 Å². The van der Waals surface area contributed by atoms with Crippen molar-refractivity contribution < 1.29 is 9.47 Å². The lowest BCUT2D eigenvalue weighted by Crippen LogP contribution is -2.11. The molecule has 0 fully saturated rings. The molecule has 2 aromatic carbocycles. The molecule has 5 nitrogen and oxygen atoms in total. The van der Waals surface area contributed by atoms with E-state index in [1.54, 1.807) is 44.3 Å². The summed E-state index contributed by atoms with van der Waals surface area (Å²) in [5.41, 5.74) is 2.49. The van der Waals surface area contributed by atoms with Gasteiger partial charge in [0.1, 0.15) is 11.5 Å². The molecule has 1 heterocycles. The van der Waals surface area contributed by atoms with Crippen LogP contribution in [0.4, 0.5) is 0 Å². The second-order valence-electron chi connectivity index (χ2n) is 5.42. The van der Waals surface area contributed by atoms with Gasteiger partial charge in [0.05, 0.1) is 31.2 Å². The first-order chi connectivity index (χ1) is 13.1. The van der Waals surface area contributed by atoms with Crippen LogP contribution < -0.4 is 14.3 Å². The first-order valence-corrected chi connectivity index (χ1v) is 9.56. The maximum atomic E-state index is 6.24. The summed E-state index contributed by atoms with van der Waals surface area (Å²) in [6, 6.07) is 10.9. The Morgan fingerprint density at radius 1 is 1.07 bits per heavy atom. The van der Waals surface area contributed by atoms with Gasteiger partial charge >= 0.3 is 0 Å². The molecule has 8 heteroatoms. The highest BCUT2D eigenvalue weighted by atomic mass is 35.5. The maximum Gasteiger partial charge on any atom is 0.205 e. The molecule has 0 unspecified atom stereocenters. The van der Waals surface area contributed by atoms with Gasteiger partial charge in [-0.25, -0.2) is 4.68 Å². The summed E-state index contributed by atoms with van der Waals surface area (Å²) < 4.78 is 12.6. The van der Waals surface area contributed by atoms with Gasteiger partial charge in [0.25, 0.3) is 0 Å². The van der Waals surface area contributed by atoms with Crippen LogP contribution in [0.25, 0.3) is 11.3 Å². The van der Waals surface area contributed by atoms with Gasteiger partial charge in [0.15, 0.2) is 0 Å². The predicted octanol–water partition coefficient (Wildman–Crippen LogP) is 4.95. The van der Waals surface area contributed by atoms with Gasteiger partial charge in [-0.3, -0.25) is 4.99 Å². The van der Waals surface area contributed by atoms with E-state index in [0.717, 1.165) is 21.6 Å². The molecule has 140 valence electrons. The third kappa shape index (κ3) is 4.18. The number of methoxy groups -OCH3 is 2. The molecular formula is C19H17Cl2N3O2S. The molecule has 27 heavy (non-hydrogen) atoms. The number of halogens is 2. The molecule has 0 bridgehead atoms. The van der Waals surface area contributed by atoms with Gasteiger partial charge < -0.3 is 9.47 Å². The fourth-order valence-corrected chi connectivity index (χ4v) is 3.74. The van der Waals surface area contributed by atoms with Crippen molar-refractivity contribution in [3.05, 3.63) is 62.2 Å². The van der Waals surface area contributed by atoms with Crippen LogP contribution in [-0.4, -0.2) is 32.2 Å². The standard InChI is InChI=1S/C19H17Cl2N3O2S/c1-22-19-24(23-10-12-4-5-13(20)8-16(12)21)17(11-27-19)15-7-6-14(25-2)9-18(15)26-3/h4-11H,1-3H3. The Labute approximate surface area is 171 Å². The normalized spacial score (nSPS) is 12.0. The second-order valence-corrected chi connectivity index (χ2v) is 7.10. The van der Waals surface area contributed by atoms with Crippen LogP contribution in [0, 0.1) is 0 Å². The molecule has 0 radical (unpaired) electrons. The molecule has 3 rings (SSSR count). The topological polar surface area (TPSA) is 48.1 Å². The Balaban J connectivity index is 2.10. The van der Waals surface area contributed by atoms with Crippen molar-refractivity contribution in [1.82, 2.24) is 4.68 Å². The summed E-state index contributed by atoms with van der Waals surface area (Å²) >= 11 is 13.7. The van der Waals surface area contributed by atoms with Crippen LogP contribution in [0.3, 0.4) is 0 Å². The van der Waals surface area contributed by atoms with E-state index in [1.807, 2.05) is 29.6 Å². The average Bonchev–Trinajstić information content (AvgIpc) is 3.09. The van der Waals surface area contributed by atoms with E-state index in [2.05, 4.69) is 10.1 Å². The van der Waals surface area contributed by atoms with Crippen LogP contribution in [0.2, 0.25) is 10.0 Å². The van der Waals surface area contributed by atoms with Gasteiger partial charge in [-0.1, -0.05) is 29.3 Å². The zero-order chi connectivity index (χ0) is 19.4. The summed E-state index contributed by atoms with van der Waals surface area (Å²) in [5.74, 6) is 1.40. The summed E-state index contributed by atoms with van der Waals surface area (Å²) in [5, 5.41) is 7.67. The fourth-order valence-electron chi connectivity index (χ4n) is 2.48. The molecule has 3 aromatic rings. The lowest BCUT2D eigenvalue weighted by Gasteiger charge is -2.11. The average molecular weight is 422 g/mol. The highest BCUT2D eigenvalue weighted by Gasteiger charge is 2.13. The van der Waals surface area contributed by atoms with Gasteiger partial charge in [-0.15, -0.1) is 11.3 Å². The minimum absolute atomic E-state index is 0.528. The quantitative estimate of drug-likeness (QED) is 0.546. The smallest absolute Gasteiger partial charge is 0.205 e. The zero-order valence-electron chi connectivity index (χ0n) is 14.9. The van der Waals surface area contributed by atoms with E-state index in [1.165, 1.54) is 11.3 Å². The van der Waals surface area contributed by atoms with Crippen molar-refractivity contribution in [2.24, 2.45) is 10.1 Å². The van der Waals surface area contributed by atoms with Crippen LogP contribution in [0.1, 0.15) is 5.56 Å². The Kier molecular flexibility index (Phi) is 6.21. The SMILES string of the molecule is CN=c1scc(-c2ccc(OC)cc2OC)n1N=Cc1ccc(Cl)cc1Cl. The lowest BCUT2D eigenvalue weighted by atomic mass is 10.1. The van der Waals surface area contributed by atoms with Gasteiger partial charge in [-0.05, 0) is 24.3 Å². The van der Waals surface area contributed by atoms with Crippen molar-refractivity contribution in [3.8, 4) is 22.8 Å². The molecule has 0 saturated heterocycles. The third-order valence-corrected chi connectivity index (χ3v) is 5.31. The molecule has 0 amide bonds. The maximum absolute atomic E-state index is 6.24. The van der Waals surface area contributed by atoms with Crippen molar-refractivity contribution in [3.63, 3.8) is 0 Å². The Hall–Kier alpha value is -2.28. The monoisotopic (exact) mass is 421 g/mol. The molecular weight excluding hydrogens is 405 g/mol. The lowest BCUT2D eigenvalue weighted by molar-refractivity contribution is 0.395. The summed E-state index contributed by atoms with van der Waals surface area (Å²) in [6.07, 6.45) is 1.68. The van der Waals surface area contributed by atoms with Gasteiger partial charge in [-0.2, -0.15) is 5.10 Å². The van der Waals surface area contributed by atoms with E-state index in [9.17, 15) is 0 Å². The first-order valence-electron chi connectivity index (χ1n) is 7.92. The molecule has 0 N–H and O–H groups in total. The summed E-state index contributed by atoms with van der Waals surface area (Å²) in [6.45, 7) is 0. The van der Waals surface area contributed by atoms with Crippen LogP contribution >= 0.6 is 34.5 Å². The largest absolute Gasteiger partial charge is 0.497 e. The van der Waals surface area contributed by atoms with Gasteiger partial charge in [0, 0.05) is 34.6 Å². The van der Waals surface area contributed by atoms with Crippen molar-refractivity contribution in [2.75, 3.05) is 21.3 Å². The number of nitrogens with zero attached hydrogens (tertiary/aromatic N) is 3. The third-order valence-electron chi connectivity index (χ3n) is 3.84. The summed E-state index contributed by atoms with van der Waals surface area (Å²) in [4.78, 5) is 5.04. The minimum Gasteiger partial charge on any atom is -0.497 e. The number of thiazole rings is 1. The summed E-state index contributed by atoms with van der Waals surface area (Å²) in [7, 11) is 4.96. The second kappa shape index (κ2) is 8.61. The molecule has 1 aromatic heterocycles. The fraction of sp³-hybridized carbons (Fsp3) is 0.158. The number of rotatable bonds is 5. The number of hydrogen-bond donors (Lipinski definition) is 0. The highest BCUT2D eigenvalue weighted by Crippen LogP contribution is 2.33. The highest BCUT2D eigenvalue weighted by molar-refractivity contribution is 7.07. The Morgan fingerprint density at radius 3 is 2.56 bits per heavy atom. The van der Waals surface area contributed by atoms with Crippen molar-refractivity contribution >= 4 is 40.8 Å². The number of aromatic nitrogens is 1. The molecule has 0 saturated carbocycles. The number of benzene rings is 2. The molecule has 0 atom stereocenters. The van der Waals surface area contributed by atoms with E-state index >= 15 is 0 Å². The molecule has 0 spiro atoms. The number of hydrogen-bond acceptors (Lipinski definition) is 5. The van der Waals surface area contributed by atoms with Crippen LogP contribution in [0.15, 0.2) is 51.9 Å².